The third-order valence-corrected chi connectivity index (χ3v) is 3.76. The Morgan fingerprint density at radius 2 is 1.83 bits per heavy atom. The zero-order chi connectivity index (χ0) is 17.1. The summed E-state index contributed by atoms with van der Waals surface area (Å²) in [5, 5.41) is 7.40. The summed E-state index contributed by atoms with van der Waals surface area (Å²) in [6.45, 7) is 5.38. The average Bonchev–Trinajstić information content (AvgIpc) is 2.97. The largest absolute Gasteiger partial charge is 0.447 e. The number of nitrogens with one attached hydrogen (secondary N) is 1. The molecule has 1 aliphatic rings. The van der Waals surface area contributed by atoms with Crippen LogP contribution in [0.25, 0.3) is 11.0 Å². The van der Waals surface area contributed by atoms with Crippen molar-refractivity contribution in [3.05, 3.63) is 24.3 Å². The lowest BCUT2D eigenvalue weighted by Gasteiger charge is -2.34. The quantitative estimate of drug-likeness (QED) is 0.913. The smallest absolute Gasteiger partial charge is 0.410 e. The molecule has 1 fully saturated rings. The molecule has 1 aromatic carbocycles. The third-order valence-electron chi connectivity index (χ3n) is 3.76. The van der Waals surface area contributed by atoms with Crippen molar-refractivity contribution in [2.24, 2.45) is 0 Å². The van der Waals surface area contributed by atoms with Crippen molar-refractivity contribution < 1.29 is 18.8 Å². The van der Waals surface area contributed by atoms with Gasteiger partial charge in [-0.25, -0.2) is 9.59 Å². The zero-order valence-electron chi connectivity index (χ0n) is 13.7. The number of carbonyl (C=O) groups excluding carboxylic acids is 2. The molecule has 1 saturated heterocycles. The van der Waals surface area contributed by atoms with Gasteiger partial charge in [-0.2, -0.15) is 0 Å². The Kier molecular flexibility index (Phi) is 4.54. The highest BCUT2D eigenvalue weighted by molar-refractivity contribution is 5.98. The molecule has 0 unspecified atom stereocenters. The van der Waals surface area contributed by atoms with Crippen LogP contribution >= 0.6 is 0 Å². The summed E-state index contributed by atoms with van der Waals surface area (Å²) in [7, 11) is 0. The maximum Gasteiger partial charge on any atom is 0.410 e. The van der Waals surface area contributed by atoms with E-state index in [0.29, 0.717) is 37.6 Å². The van der Waals surface area contributed by atoms with Crippen molar-refractivity contribution in [1.82, 2.24) is 15.0 Å². The Balaban J connectivity index is 1.57. The van der Waals surface area contributed by atoms with Gasteiger partial charge in [0.15, 0.2) is 11.4 Å². The molecular weight excluding hydrogens is 312 g/mol. The summed E-state index contributed by atoms with van der Waals surface area (Å²) in [5.41, 5.74) is 0.619. The van der Waals surface area contributed by atoms with Crippen molar-refractivity contribution in [3.8, 4) is 0 Å². The number of amides is 3. The SMILES string of the molecule is CC(C)OC(=O)N1CCN(C(=O)Nc2noc3ccccc23)CC1. The lowest BCUT2D eigenvalue weighted by molar-refractivity contribution is 0.0625. The van der Waals surface area contributed by atoms with E-state index in [9.17, 15) is 9.59 Å². The number of hydrogen-bond acceptors (Lipinski definition) is 5. The number of anilines is 1. The molecule has 2 aromatic rings. The van der Waals surface area contributed by atoms with Gasteiger partial charge in [0.25, 0.3) is 0 Å². The van der Waals surface area contributed by atoms with Gasteiger partial charge in [0.2, 0.25) is 0 Å². The molecule has 0 bridgehead atoms. The molecule has 8 nitrogen and oxygen atoms in total. The third kappa shape index (κ3) is 3.42. The highest BCUT2D eigenvalue weighted by Gasteiger charge is 2.26. The summed E-state index contributed by atoms with van der Waals surface area (Å²) in [6, 6.07) is 7.06. The molecule has 1 N–H and O–H groups in total. The molecule has 0 radical (unpaired) electrons. The molecule has 0 saturated carbocycles. The minimum absolute atomic E-state index is 0.153. The van der Waals surface area contributed by atoms with E-state index in [0.717, 1.165) is 5.39 Å². The number of aromatic nitrogens is 1. The van der Waals surface area contributed by atoms with Crippen LogP contribution in [0.4, 0.5) is 15.4 Å². The Morgan fingerprint density at radius 3 is 2.54 bits per heavy atom. The van der Waals surface area contributed by atoms with Crippen LogP contribution in [-0.4, -0.2) is 59.4 Å². The Morgan fingerprint density at radius 1 is 1.17 bits per heavy atom. The van der Waals surface area contributed by atoms with Crippen LogP contribution in [0.1, 0.15) is 13.8 Å². The number of para-hydroxylation sites is 1. The van der Waals surface area contributed by atoms with Crippen LogP contribution in [0.5, 0.6) is 0 Å². The monoisotopic (exact) mass is 332 g/mol. The minimum Gasteiger partial charge on any atom is -0.447 e. The molecule has 128 valence electrons. The van der Waals surface area contributed by atoms with Gasteiger partial charge in [-0.05, 0) is 26.0 Å². The lowest BCUT2D eigenvalue weighted by atomic mass is 10.2. The van der Waals surface area contributed by atoms with Gasteiger partial charge in [-0.15, -0.1) is 0 Å². The standard InChI is InChI=1S/C16H20N4O4/c1-11(2)23-16(22)20-9-7-19(8-10-20)15(21)17-14-12-5-3-4-6-13(12)24-18-14/h3-6,11H,7-10H2,1-2H3,(H,17,18,21). The highest BCUT2D eigenvalue weighted by Crippen LogP contribution is 2.22. The molecule has 0 aliphatic carbocycles. The first-order valence-corrected chi connectivity index (χ1v) is 7.90. The number of urea groups is 1. The molecule has 24 heavy (non-hydrogen) atoms. The van der Waals surface area contributed by atoms with Gasteiger partial charge in [-0.1, -0.05) is 17.3 Å². The molecular formula is C16H20N4O4. The number of benzene rings is 1. The first kappa shape index (κ1) is 16.1. The number of ether oxygens (including phenoxy) is 1. The molecule has 1 aromatic heterocycles. The van der Waals surface area contributed by atoms with Crippen LogP contribution in [0.2, 0.25) is 0 Å². The Bertz CT molecular complexity index is 735. The zero-order valence-corrected chi connectivity index (χ0v) is 13.7. The van der Waals surface area contributed by atoms with E-state index in [4.69, 9.17) is 9.26 Å². The minimum atomic E-state index is -0.340. The van der Waals surface area contributed by atoms with E-state index in [2.05, 4.69) is 10.5 Å². The van der Waals surface area contributed by atoms with Gasteiger partial charge in [-0.3, -0.25) is 5.32 Å². The van der Waals surface area contributed by atoms with Crippen molar-refractivity contribution in [1.29, 1.82) is 0 Å². The van der Waals surface area contributed by atoms with Crippen molar-refractivity contribution in [2.45, 2.75) is 20.0 Å². The van der Waals surface area contributed by atoms with E-state index in [-0.39, 0.29) is 18.2 Å². The summed E-state index contributed by atoms with van der Waals surface area (Å²) >= 11 is 0. The maximum absolute atomic E-state index is 12.4. The first-order chi connectivity index (χ1) is 11.5. The average molecular weight is 332 g/mol. The van der Waals surface area contributed by atoms with Gasteiger partial charge in [0.1, 0.15) is 0 Å². The molecule has 3 amide bonds. The normalized spacial score (nSPS) is 15.0. The summed E-state index contributed by atoms with van der Waals surface area (Å²) < 4.78 is 10.3. The van der Waals surface area contributed by atoms with Crippen molar-refractivity contribution in [3.63, 3.8) is 0 Å². The van der Waals surface area contributed by atoms with Gasteiger partial charge in [0.05, 0.1) is 11.5 Å². The number of hydrogen-bond donors (Lipinski definition) is 1. The summed E-state index contributed by atoms with van der Waals surface area (Å²) in [5.74, 6) is 0.400. The second-order valence-electron chi connectivity index (χ2n) is 5.86. The predicted octanol–water partition coefficient (Wildman–Crippen LogP) is 2.52. The van der Waals surface area contributed by atoms with E-state index in [1.54, 1.807) is 15.9 Å². The fourth-order valence-corrected chi connectivity index (χ4v) is 2.52. The van der Waals surface area contributed by atoms with Crippen LogP contribution in [0.15, 0.2) is 28.8 Å². The van der Waals surface area contributed by atoms with Crippen LogP contribution < -0.4 is 5.32 Å². The highest BCUT2D eigenvalue weighted by atomic mass is 16.6. The van der Waals surface area contributed by atoms with Gasteiger partial charge in [0, 0.05) is 26.2 Å². The number of fused-ring (bicyclic) bond motifs is 1. The van der Waals surface area contributed by atoms with E-state index in [1.807, 2.05) is 32.0 Å². The van der Waals surface area contributed by atoms with Crippen LogP contribution in [-0.2, 0) is 4.74 Å². The molecule has 0 atom stereocenters. The fraction of sp³-hybridized carbons (Fsp3) is 0.438. The maximum atomic E-state index is 12.4. The second kappa shape index (κ2) is 6.77. The van der Waals surface area contributed by atoms with Crippen molar-refractivity contribution >= 4 is 28.9 Å². The molecule has 8 heteroatoms. The predicted molar refractivity (Wildman–Crippen MR) is 87.8 cm³/mol. The Hall–Kier alpha value is -2.77. The summed E-state index contributed by atoms with van der Waals surface area (Å²) in [4.78, 5) is 27.5. The number of piperazine rings is 1. The number of nitrogens with zero attached hydrogens (tertiary/aromatic N) is 3. The van der Waals surface area contributed by atoms with E-state index < -0.39 is 0 Å². The number of rotatable bonds is 2. The van der Waals surface area contributed by atoms with Gasteiger partial charge < -0.3 is 19.1 Å². The Labute approximate surface area is 139 Å². The van der Waals surface area contributed by atoms with Crippen LogP contribution in [0.3, 0.4) is 0 Å². The molecule has 2 heterocycles. The first-order valence-electron chi connectivity index (χ1n) is 7.90. The van der Waals surface area contributed by atoms with Crippen LogP contribution in [0, 0.1) is 0 Å². The fourth-order valence-electron chi connectivity index (χ4n) is 2.52. The summed E-state index contributed by atoms with van der Waals surface area (Å²) in [6.07, 6.45) is -0.494. The topological polar surface area (TPSA) is 87.9 Å². The van der Waals surface area contributed by atoms with E-state index >= 15 is 0 Å². The van der Waals surface area contributed by atoms with Gasteiger partial charge >= 0.3 is 12.1 Å². The number of carbonyl (C=O) groups is 2. The van der Waals surface area contributed by atoms with E-state index in [1.165, 1.54) is 0 Å². The lowest BCUT2D eigenvalue weighted by Crippen LogP contribution is -2.52. The second-order valence-corrected chi connectivity index (χ2v) is 5.86. The molecule has 1 aliphatic heterocycles. The van der Waals surface area contributed by atoms with Crippen molar-refractivity contribution in [2.75, 3.05) is 31.5 Å². The molecule has 3 rings (SSSR count). The molecule has 0 spiro atoms.